The predicted octanol–water partition coefficient (Wildman–Crippen LogP) is 3.60. The van der Waals surface area contributed by atoms with Crippen LogP contribution in [0.25, 0.3) is 0 Å². The van der Waals surface area contributed by atoms with Crippen LogP contribution < -0.4 is 11.1 Å². The van der Waals surface area contributed by atoms with Crippen LogP contribution in [0.15, 0.2) is 46.0 Å². The molecule has 0 aliphatic rings. The minimum Gasteiger partial charge on any atom is -0.409 e. The van der Waals surface area contributed by atoms with Gasteiger partial charge in [-0.25, -0.2) is 4.39 Å². The summed E-state index contributed by atoms with van der Waals surface area (Å²) in [7, 11) is 0. The van der Waals surface area contributed by atoms with E-state index in [0.717, 1.165) is 15.6 Å². The predicted molar refractivity (Wildman–Crippen MR) is 85.1 cm³/mol. The fourth-order valence-electron chi connectivity index (χ4n) is 1.93. The molecule has 0 heterocycles. The molecule has 6 heteroatoms. The number of rotatable bonds is 4. The largest absolute Gasteiger partial charge is 0.409 e. The summed E-state index contributed by atoms with van der Waals surface area (Å²) in [6.45, 7) is 2.48. The minimum atomic E-state index is -0.292. The van der Waals surface area contributed by atoms with Gasteiger partial charge in [0.25, 0.3) is 0 Å². The Balaban J connectivity index is 2.15. The van der Waals surface area contributed by atoms with Crippen molar-refractivity contribution in [3.8, 4) is 0 Å². The van der Waals surface area contributed by atoms with Crippen LogP contribution in [0.3, 0.4) is 0 Å². The molecule has 0 bridgehead atoms. The van der Waals surface area contributed by atoms with Crippen LogP contribution in [-0.2, 0) is 6.54 Å². The second-order valence-corrected chi connectivity index (χ2v) is 5.46. The Bertz CT molecular complexity index is 689. The molecule has 21 heavy (non-hydrogen) atoms. The zero-order valence-electron chi connectivity index (χ0n) is 11.4. The highest BCUT2D eigenvalue weighted by Gasteiger charge is 2.05. The topological polar surface area (TPSA) is 70.6 Å². The molecule has 0 aliphatic carbocycles. The third-order valence-corrected chi connectivity index (χ3v) is 3.84. The normalized spacial score (nSPS) is 11.5. The molecule has 0 amide bonds. The molecule has 0 spiro atoms. The van der Waals surface area contributed by atoms with Crippen LogP contribution in [0.5, 0.6) is 0 Å². The van der Waals surface area contributed by atoms with Crippen LogP contribution >= 0.6 is 15.9 Å². The third-order valence-electron chi connectivity index (χ3n) is 3.14. The molecule has 0 unspecified atom stereocenters. The van der Waals surface area contributed by atoms with Crippen LogP contribution in [0.1, 0.15) is 16.7 Å². The molecule has 0 aromatic heterocycles. The SMILES string of the molecule is Cc1cc(/C(N)=N/O)ccc1CNc1cc(F)ccc1Br. The number of nitrogens with one attached hydrogen (secondary N) is 1. The number of anilines is 1. The van der Waals surface area contributed by atoms with E-state index in [4.69, 9.17) is 10.9 Å². The molecule has 0 aliphatic heterocycles. The lowest BCUT2D eigenvalue weighted by atomic mass is 10.0. The van der Waals surface area contributed by atoms with Gasteiger partial charge in [-0.2, -0.15) is 0 Å². The van der Waals surface area contributed by atoms with Gasteiger partial charge < -0.3 is 16.3 Å². The molecular weight excluding hydrogens is 337 g/mol. The molecule has 0 radical (unpaired) electrons. The Morgan fingerprint density at radius 3 is 2.76 bits per heavy atom. The lowest BCUT2D eigenvalue weighted by Gasteiger charge is -2.12. The van der Waals surface area contributed by atoms with E-state index in [9.17, 15) is 4.39 Å². The first-order chi connectivity index (χ1) is 10.0. The monoisotopic (exact) mass is 351 g/mol. The summed E-state index contributed by atoms with van der Waals surface area (Å²) in [5, 5.41) is 14.8. The van der Waals surface area contributed by atoms with Crippen molar-refractivity contribution in [1.29, 1.82) is 0 Å². The summed E-state index contributed by atoms with van der Waals surface area (Å²) in [6, 6.07) is 10.00. The highest BCUT2D eigenvalue weighted by molar-refractivity contribution is 9.10. The first-order valence-electron chi connectivity index (χ1n) is 6.27. The number of benzene rings is 2. The number of nitrogens with two attached hydrogens (primary N) is 1. The van der Waals surface area contributed by atoms with Crippen molar-refractivity contribution < 1.29 is 9.60 Å². The Morgan fingerprint density at radius 2 is 2.10 bits per heavy atom. The molecule has 2 rings (SSSR count). The Kier molecular flexibility index (Phi) is 4.80. The molecule has 110 valence electrons. The Hall–Kier alpha value is -2.08. The quantitative estimate of drug-likeness (QED) is 0.341. The molecule has 2 aromatic rings. The van der Waals surface area contributed by atoms with Crippen molar-refractivity contribution in [2.45, 2.75) is 13.5 Å². The Labute approximate surface area is 130 Å². The summed E-state index contributed by atoms with van der Waals surface area (Å²) < 4.78 is 14.0. The van der Waals surface area contributed by atoms with E-state index in [1.54, 1.807) is 12.1 Å². The molecule has 4 nitrogen and oxygen atoms in total. The first kappa shape index (κ1) is 15.3. The number of oxime groups is 1. The van der Waals surface area contributed by atoms with E-state index < -0.39 is 0 Å². The number of halogens is 2. The van der Waals surface area contributed by atoms with Crippen LogP contribution in [-0.4, -0.2) is 11.0 Å². The summed E-state index contributed by atoms with van der Waals surface area (Å²) in [4.78, 5) is 0. The van der Waals surface area contributed by atoms with Gasteiger partial charge in [0.15, 0.2) is 5.84 Å². The smallest absolute Gasteiger partial charge is 0.170 e. The highest BCUT2D eigenvalue weighted by atomic mass is 79.9. The van der Waals surface area contributed by atoms with E-state index in [1.807, 2.05) is 19.1 Å². The lowest BCUT2D eigenvalue weighted by Crippen LogP contribution is -2.13. The van der Waals surface area contributed by atoms with Gasteiger partial charge in [0.1, 0.15) is 5.82 Å². The number of aryl methyl sites for hydroxylation is 1. The maximum absolute atomic E-state index is 13.2. The van der Waals surface area contributed by atoms with Crippen LogP contribution in [0, 0.1) is 12.7 Å². The van der Waals surface area contributed by atoms with Gasteiger partial charge in [-0.05, 0) is 58.2 Å². The summed E-state index contributed by atoms with van der Waals surface area (Å²) in [5.74, 6) is -0.217. The molecule has 0 saturated heterocycles. The summed E-state index contributed by atoms with van der Waals surface area (Å²) in [5.41, 5.74) is 8.94. The van der Waals surface area contributed by atoms with E-state index in [-0.39, 0.29) is 11.7 Å². The molecule has 2 aromatic carbocycles. The van der Waals surface area contributed by atoms with Gasteiger partial charge >= 0.3 is 0 Å². The van der Waals surface area contributed by atoms with Gasteiger partial charge in [0.2, 0.25) is 0 Å². The van der Waals surface area contributed by atoms with E-state index >= 15 is 0 Å². The number of amidine groups is 1. The zero-order chi connectivity index (χ0) is 15.4. The fraction of sp³-hybridized carbons (Fsp3) is 0.133. The van der Waals surface area contributed by atoms with Gasteiger partial charge in [-0.3, -0.25) is 0 Å². The average molecular weight is 352 g/mol. The first-order valence-corrected chi connectivity index (χ1v) is 7.07. The van der Waals surface area contributed by atoms with Crippen molar-refractivity contribution in [2.24, 2.45) is 10.9 Å². The second-order valence-electron chi connectivity index (χ2n) is 4.60. The molecular formula is C15H15BrFN3O. The molecule has 4 N–H and O–H groups in total. The maximum Gasteiger partial charge on any atom is 0.170 e. The van der Waals surface area contributed by atoms with Crippen LogP contribution in [0.2, 0.25) is 0 Å². The van der Waals surface area contributed by atoms with E-state index in [2.05, 4.69) is 26.4 Å². The van der Waals surface area contributed by atoms with Gasteiger partial charge in [0.05, 0.1) is 5.69 Å². The Morgan fingerprint density at radius 1 is 1.33 bits per heavy atom. The molecule has 0 atom stereocenters. The average Bonchev–Trinajstić information content (AvgIpc) is 2.48. The van der Waals surface area contributed by atoms with Gasteiger partial charge in [0, 0.05) is 16.6 Å². The maximum atomic E-state index is 13.2. The van der Waals surface area contributed by atoms with E-state index in [0.29, 0.717) is 17.8 Å². The van der Waals surface area contributed by atoms with Gasteiger partial charge in [-0.1, -0.05) is 17.3 Å². The zero-order valence-corrected chi connectivity index (χ0v) is 13.0. The molecule has 0 fully saturated rings. The summed E-state index contributed by atoms with van der Waals surface area (Å²) in [6.07, 6.45) is 0. The van der Waals surface area contributed by atoms with E-state index in [1.165, 1.54) is 12.1 Å². The number of nitrogens with zero attached hydrogens (tertiary/aromatic N) is 1. The minimum absolute atomic E-state index is 0.0745. The van der Waals surface area contributed by atoms with Crippen LogP contribution in [0.4, 0.5) is 10.1 Å². The summed E-state index contributed by atoms with van der Waals surface area (Å²) >= 11 is 3.37. The second kappa shape index (κ2) is 6.58. The lowest BCUT2D eigenvalue weighted by molar-refractivity contribution is 0.318. The standard InChI is InChI=1S/C15H15BrFN3O/c1-9-6-10(15(18)20-21)2-3-11(9)8-19-14-7-12(17)4-5-13(14)16/h2-7,19,21H,8H2,1H3,(H2,18,20). The fourth-order valence-corrected chi connectivity index (χ4v) is 2.32. The van der Waals surface area contributed by atoms with Crippen molar-refractivity contribution in [3.05, 3.63) is 63.4 Å². The number of hydrogen-bond acceptors (Lipinski definition) is 3. The van der Waals surface area contributed by atoms with Crippen molar-refractivity contribution >= 4 is 27.5 Å². The highest BCUT2D eigenvalue weighted by Crippen LogP contribution is 2.24. The third kappa shape index (κ3) is 3.72. The van der Waals surface area contributed by atoms with Crippen molar-refractivity contribution in [2.75, 3.05) is 5.32 Å². The van der Waals surface area contributed by atoms with Gasteiger partial charge in [-0.15, -0.1) is 0 Å². The molecule has 0 saturated carbocycles. The van der Waals surface area contributed by atoms with Crippen molar-refractivity contribution in [1.82, 2.24) is 0 Å². The van der Waals surface area contributed by atoms with Crippen molar-refractivity contribution in [3.63, 3.8) is 0 Å². The number of hydrogen-bond donors (Lipinski definition) is 3.